The first-order valence-electron chi connectivity index (χ1n) is 4.43. The van der Waals surface area contributed by atoms with E-state index in [9.17, 15) is 0 Å². The highest BCUT2D eigenvalue weighted by molar-refractivity contribution is 5.04. The summed E-state index contributed by atoms with van der Waals surface area (Å²) in [5.74, 6) is 1.03. The largest absolute Gasteiger partial charge is 0.316 e. The molecule has 1 atom stereocenters. The Bertz CT molecular complexity index is 134. The summed E-state index contributed by atoms with van der Waals surface area (Å²) in [4.78, 5) is 0. The molecule has 2 fully saturated rings. The van der Waals surface area contributed by atoms with Crippen LogP contribution in [0.1, 0.15) is 32.6 Å². The lowest BCUT2D eigenvalue weighted by molar-refractivity contribution is 0.341. The molecule has 0 spiro atoms. The zero-order valence-electron chi connectivity index (χ0n) is 6.98. The van der Waals surface area contributed by atoms with Crippen molar-refractivity contribution in [2.24, 2.45) is 11.3 Å². The van der Waals surface area contributed by atoms with Gasteiger partial charge in [-0.05, 0) is 44.1 Å². The van der Waals surface area contributed by atoms with Crippen LogP contribution in [0, 0.1) is 11.3 Å². The van der Waals surface area contributed by atoms with E-state index < -0.39 is 0 Å². The van der Waals surface area contributed by atoms with Gasteiger partial charge in [0.05, 0.1) is 0 Å². The first kappa shape index (κ1) is 6.66. The predicted molar refractivity (Wildman–Crippen MR) is 42.9 cm³/mol. The molecule has 58 valence electrons. The molecular formula is C9H17N. The van der Waals surface area contributed by atoms with Crippen LogP contribution in [0.4, 0.5) is 0 Å². The van der Waals surface area contributed by atoms with Gasteiger partial charge in [0.25, 0.3) is 0 Å². The van der Waals surface area contributed by atoms with Crippen LogP contribution in [0.25, 0.3) is 0 Å². The molecule has 1 N–H and O–H groups in total. The van der Waals surface area contributed by atoms with E-state index in [0.717, 1.165) is 12.0 Å². The molecule has 2 saturated carbocycles. The van der Waals surface area contributed by atoms with Gasteiger partial charge in [0, 0.05) is 6.04 Å². The molecule has 0 aromatic heterocycles. The molecule has 2 aliphatic rings. The zero-order chi connectivity index (χ0) is 7.19. The Morgan fingerprint density at radius 1 is 1.40 bits per heavy atom. The van der Waals surface area contributed by atoms with Gasteiger partial charge < -0.3 is 5.32 Å². The van der Waals surface area contributed by atoms with Crippen molar-refractivity contribution in [3.63, 3.8) is 0 Å². The normalized spacial score (nSPS) is 31.8. The maximum Gasteiger partial charge on any atom is 0.0146 e. The fourth-order valence-corrected chi connectivity index (χ4v) is 2.09. The highest BCUT2D eigenvalue weighted by atomic mass is 14.9. The third-order valence-electron chi connectivity index (χ3n) is 3.19. The Balaban J connectivity index is 1.97. The second-order valence-corrected chi connectivity index (χ2v) is 4.26. The molecule has 0 heterocycles. The lowest BCUT2D eigenvalue weighted by Gasteiger charge is -2.22. The van der Waals surface area contributed by atoms with E-state index in [1.54, 1.807) is 0 Å². The van der Waals surface area contributed by atoms with Gasteiger partial charge in [-0.3, -0.25) is 0 Å². The summed E-state index contributed by atoms with van der Waals surface area (Å²) in [6.07, 6.45) is 5.85. The number of rotatable bonds is 3. The van der Waals surface area contributed by atoms with Crippen molar-refractivity contribution in [2.75, 3.05) is 7.05 Å². The SMILES string of the molecule is CNC(C1CC1)C1(C)CC1. The molecule has 0 saturated heterocycles. The van der Waals surface area contributed by atoms with Crippen LogP contribution in [0.2, 0.25) is 0 Å². The maximum atomic E-state index is 3.47. The Morgan fingerprint density at radius 2 is 2.00 bits per heavy atom. The number of hydrogen-bond donors (Lipinski definition) is 1. The van der Waals surface area contributed by atoms with Crippen molar-refractivity contribution in [2.45, 2.75) is 38.6 Å². The third kappa shape index (κ3) is 0.968. The molecule has 0 aromatic rings. The van der Waals surface area contributed by atoms with Gasteiger partial charge in [-0.25, -0.2) is 0 Å². The van der Waals surface area contributed by atoms with Crippen LogP contribution in [-0.2, 0) is 0 Å². The molecule has 1 nitrogen and oxygen atoms in total. The summed E-state index contributed by atoms with van der Waals surface area (Å²) in [6, 6.07) is 0.840. The number of nitrogens with one attached hydrogen (secondary N) is 1. The van der Waals surface area contributed by atoms with Gasteiger partial charge in [-0.1, -0.05) is 6.92 Å². The summed E-state index contributed by atoms with van der Waals surface area (Å²) in [6.45, 7) is 2.42. The van der Waals surface area contributed by atoms with Crippen LogP contribution in [0.3, 0.4) is 0 Å². The minimum absolute atomic E-state index is 0.690. The molecule has 1 heteroatoms. The second-order valence-electron chi connectivity index (χ2n) is 4.26. The average molecular weight is 139 g/mol. The van der Waals surface area contributed by atoms with Gasteiger partial charge in [-0.15, -0.1) is 0 Å². The van der Waals surface area contributed by atoms with Crippen LogP contribution in [0.5, 0.6) is 0 Å². The van der Waals surface area contributed by atoms with Crippen LogP contribution >= 0.6 is 0 Å². The topological polar surface area (TPSA) is 12.0 Å². The molecule has 0 aliphatic heterocycles. The Labute approximate surface area is 63.2 Å². The first-order chi connectivity index (χ1) is 4.76. The molecule has 0 amide bonds. The highest BCUT2D eigenvalue weighted by Crippen LogP contribution is 2.54. The fraction of sp³-hybridized carbons (Fsp3) is 1.00. The quantitative estimate of drug-likeness (QED) is 0.628. The average Bonchev–Trinajstić information content (AvgIpc) is 2.70. The van der Waals surface area contributed by atoms with Crippen LogP contribution in [-0.4, -0.2) is 13.1 Å². The van der Waals surface area contributed by atoms with Crippen LogP contribution in [0.15, 0.2) is 0 Å². The zero-order valence-corrected chi connectivity index (χ0v) is 6.98. The molecule has 2 rings (SSSR count). The molecule has 0 bridgehead atoms. The van der Waals surface area contributed by atoms with Gasteiger partial charge in [0.1, 0.15) is 0 Å². The van der Waals surface area contributed by atoms with Crippen molar-refractivity contribution in [1.29, 1.82) is 0 Å². The van der Waals surface area contributed by atoms with E-state index in [2.05, 4.69) is 19.3 Å². The second kappa shape index (κ2) is 1.97. The van der Waals surface area contributed by atoms with Gasteiger partial charge in [0.15, 0.2) is 0 Å². The smallest absolute Gasteiger partial charge is 0.0146 e. The van der Waals surface area contributed by atoms with E-state index >= 15 is 0 Å². The Hall–Kier alpha value is -0.0400. The van der Waals surface area contributed by atoms with Crippen molar-refractivity contribution in [3.05, 3.63) is 0 Å². The third-order valence-corrected chi connectivity index (χ3v) is 3.19. The first-order valence-corrected chi connectivity index (χ1v) is 4.43. The summed E-state index contributed by atoms with van der Waals surface area (Å²) >= 11 is 0. The molecule has 2 aliphatic carbocycles. The number of hydrogen-bond acceptors (Lipinski definition) is 1. The van der Waals surface area contributed by atoms with Crippen molar-refractivity contribution >= 4 is 0 Å². The molecular weight excluding hydrogens is 122 g/mol. The lowest BCUT2D eigenvalue weighted by Crippen LogP contribution is -2.35. The minimum Gasteiger partial charge on any atom is -0.316 e. The molecule has 0 radical (unpaired) electrons. The highest BCUT2D eigenvalue weighted by Gasteiger charge is 2.49. The Kier molecular flexibility index (Phi) is 1.31. The minimum atomic E-state index is 0.690. The molecule has 0 aromatic carbocycles. The van der Waals surface area contributed by atoms with E-state index in [1.807, 2.05) is 0 Å². The van der Waals surface area contributed by atoms with Gasteiger partial charge in [0.2, 0.25) is 0 Å². The van der Waals surface area contributed by atoms with Crippen molar-refractivity contribution < 1.29 is 0 Å². The lowest BCUT2D eigenvalue weighted by atomic mass is 9.95. The summed E-state index contributed by atoms with van der Waals surface area (Å²) in [7, 11) is 2.12. The fourth-order valence-electron chi connectivity index (χ4n) is 2.09. The van der Waals surface area contributed by atoms with E-state index in [1.165, 1.54) is 25.7 Å². The standard InChI is InChI=1S/C9H17N/c1-9(5-6-9)8(10-2)7-3-4-7/h7-8,10H,3-6H2,1-2H3. The Morgan fingerprint density at radius 3 is 2.30 bits per heavy atom. The molecule has 1 unspecified atom stereocenters. The maximum absolute atomic E-state index is 3.47. The van der Waals surface area contributed by atoms with E-state index in [-0.39, 0.29) is 0 Å². The van der Waals surface area contributed by atoms with E-state index in [0.29, 0.717) is 5.41 Å². The van der Waals surface area contributed by atoms with Gasteiger partial charge >= 0.3 is 0 Å². The van der Waals surface area contributed by atoms with Gasteiger partial charge in [-0.2, -0.15) is 0 Å². The molecule has 10 heavy (non-hydrogen) atoms. The van der Waals surface area contributed by atoms with Crippen LogP contribution < -0.4 is 5.32 Å². The van der Waals surface area contributed by atoms with Crippen molar-refractivity contribution in [3.8, 4) is 0 Å². The summed E-state index contributed by atoms with van der Waals surface area (Å²) in [5.41, 5.74) is 0.690. The monoisotopic (exact) mass is 139 g/mol. The predicted octanol–water partition coefficient (Wildman–Crippen LogP) is 1.78. The van der Waals surface area contributed by atoms with Crippen molar-refractivity contribution in [1.82, 2.24) is 5.32 Å². The summed E-state index contributed by atoms with van der Waals surface area (Å²) in [5, 5.41) is 3.47. The van der Waals surface area contributed by atoms with E-state index in [4.69, 9.17) is 0 Å². The summed E-state index contributed by atoms with van der Waals surface area (Å²) < 4.78 is 0.